The van der Waals surface area contributed by atoms with Crippen LogP contribution in [0.5, 0.6) is 0 Å². The van der Waals surface area contributed by atoms with Crippen LogP contribution in [0.4, 0.5) is 0 Å². The van der Waals surface area contributed by atoms with Gasteiger partial charge in [-0.15, -0.1) is 12.6 Å². The van der Waals surface area contributed by atoms with Gasteiger partial charge in [-0.3, -0.25) is 0 Å². The Morgan fingerprint density at radius 2 is 1.73 bits per heavy atom. The van der Waals surface area contributed by atoms with E-state index in [4.69, 9.17) is 17.3 Å². The van der Waals surface area contributed by atoms with Crippen molar-refractivity contribution in [2.75, 3.05) is 13.6 Å². The highest BCUT2D eigenvalue weighted by atomic mass is 32.1. The van der Waals surface area contributed by atoms with E-state index in [1.807, 2.05) is 0 Å². The molecule has 0 amide bonds. The van der Waals surface area contributed by atoms with Gasteiger partial charge < -0.3 is 25.3 Å². The monoisotopic (exact) mass is 255 g/mol. The maximum atomic E-state index is 9.50. The summed E-state index contributed by atoms with van der Waals surface area (Å²) < 4.78 is 0.271. The van der Waals surface area contributed by atoms with E-state index in [-0.39, 0.29) is 10.9 Å². The molecule has 4 N–H and O–H groups in total. The average molecular weight is 255 g/mol. The Bertz CT molecular complexity index is 215. The Hall–Kier alpha value is 0.0800. The molecule has 0 aliphatic rings. The molecule has 0 aliphatic carbocycles. The molecule has 4 atom stereocenters. The van der Waals surface area contributed by atoms with E-state index < -0.39 is 24.4 Å². The first-order valence-electron chi connectivity index (χ1n) is 4.43. The SMILES string of the molecule is C[C@@H](O)[C@@H](O)[C@H](O)[C@@H](O)CN(C)C(=S)S. The molecule has 0 unspecified atom stereocenters. The summed E-state index contributed by atoms with van der Waals surface area (Å²) in [5.74, 6) is 0. The van der Waals surface area contributed by atoms with Crippen LogP contribution >= 0.6 is 24.8 Å². The lowest BCUT2D eigenvalue weighted by molar-refractivity contribution is -0.102. The number of likely N-dealkylation sites (N-methyl/N-ethyl adjacent to an activating group) is 1. The summed E-state index contributed by atoms with van der Waals surface area (Å²) in [7, 11) is 1.60. The van der Waals surface area contributed by atoms with Crippen molar-refractivity contribution >= 4 is 29.2 Å². The second-order valence-corrected chi connectivity index (χ2v) is 4.57. The molecule has 0 fully saturated rings. The molecule has 0 saturated heterocycles. The molecular formula is C8H17NO4S2. The van der Waals surface area contributed by atoms with E-state index in [0.29, 0.717) is 0 Å². The van der Waals surface area contributed by atoms with E-state index in [1.165, 1.54) is 11.8 Å². The Morgan fingerprint density at radius 1 is 1.27 bits per heavy atom. The van der Waals surface area contributed by atoms with Crippen molar-refractivity contribution in [2.45, 2.75) is 31.3 Å². The fraction of sp³-hybridized carbons (Fsp3) is 0.875. The first-order chi connectivity index (χ1) is 6.77. The molecule has 0 heterocycles. The number of hydrogen-bond acceptors (Lipinski definition) is 5. The van der Waals surface area contributed by atoms with Crippen LogP contribution in [0.15, 0.2) is 0 Å². The van der Waals surface area contributed by atoms with Crippen molar-refractivity contribution in [2.24, 2.45) is 0 Å². The molecule has 5 nitrogen and oxygen atoms in total. The lowest BCUT2D eigenvalue weighted by Gasteiger charge is -2.28. The Kier molecular flexibility index (Phi) is 6.65. The summed E-state index contributed by atoms with van der Waals surface area (Å²) in [5.41, 5.74) is 0. The van der Waals surface area contributed by atoms with Gasteiger partial charge in [0.2, 0.25) is 0 Å². The molecule has 0 aromatic carbocycles. The van der Waals surface area contributed by atoms with E-state index in [2.05, 4.69) is 12.6 Å². The third kappa shape index (κ3) is 5.10. The van der Waals surface area contributed by atoms with Crippen molar-refractivity contribution in [1.82, 2.24) is 4.90 Å². The molecule has 15 heavy (non-hydrogen) atoms. The van der Waals surface area contributed by atoms with Gasteiger partial charge >= 0.3 is 0 Å². The molecule has 90 valence electrons. The Labute approximate surface area is 99.7 Å². The van der Waals surface area contributed by atoms with Crippen LogP contribution in [0.1, 0.15) is 6.92 Å². The van der Waals surface area contributed by atoms with Crippen LogP contribution < -0.4 is 0 Å². The third-order valence-electron chi connectivity index (χ3n) is 2.03. The van der Waals surface area contributed by atoms with Gasteiger partial charge in [-0.25, -0.2) is 0 Å². The van der Waals surface area contributed by atoms with E-state index in [0.717, 1.165) is 0 Å². The lowest BCUT2D eigenvalue weighted by atomic mass is 10.0. The summed E-state index contributed by atoms with van der Waals surface area (Å²) in [6.07, 6.45) is -5.12. The molecule has 0 bridgehead atoms. The molecule has 0 radical (unpaired) electrons. The van der Waals surface area contributed by atoms with Crippen molar-refractivity contribution in [3.8, 4) is 0 Å². The summed E-state index contributed by atoms with van der Waals surface area (Å²) >= 11 is 8.61. The molecule has 0 rings (SSSR count). The highest BCUT2D eigenvalue weighted by Crippen LogP contribution is 2.06. The number of aliphatic hydroxyl groups excluding tert-OH is 4. The van der Waals surface area contributed by atoms with Crippen molar-refractivity contribution in [1.29, 1.82) is 0 Å². The van der Waals surface area contributed by atoms with Crippen LogP contribution in [-0.4, -0.2) is 67.7 Å². The standard InChI is InChI=1S/C8H17NO4S2/c1-4(10)6(12)7(13)5(11)3-9(2)8(14)15/h4-7,10-13H,3H2,1-2H3,(H,14,15)/t4-,5+,6-,7-/m1/s1. The normalized spacial score (nSPS) is 19.1. The first-order valence-corrected chi connectivity index (χ1v) is 5.29. The van der Waals surface area contributed by atoms with Gasteiger partial charge in [0, 0.05) is 13.6 Å². The Morgan fingerprint density at radius 3 is 2.07 bits per heavy atom. The van der Waals surface area contributed by atoms with Gasteiger partial charge in [0.15, 0.2) is 0 Å². The van der Waals surface area contributed by atoms with Crippen molar-refractivity contribution in [3.63, 3.8) is 0 Å². The number of thiol groups is 1. The number of thiocarbonyl (C=S) groups is 1. The van der Waals surface area contributed by atoms with Crippen LogP contribution in [0.3, 0.4) is 0 Å². The van der Waals surface area contributed by atoms with E-state index in [9.17, 15) is 15.3 Å². The summed E-state index contributed by atoms with van der Waals surface area (Å²) in [5, 5.41) is 37.2. The predicted octanol–water partition coefficient (Wildman–Crippen LogP) is -1.40. The second kappa shape index (κ2) is 6.62. The summed E-state index contributed by atoms with van der Waals surface area (Å²) in [6, 6.07) is 0. The maximum absolute atomic E-state index is 9.50. The summed E-state index contributed by atoms with van der Waals surface area (Å²) in [4.78, 5) is 1.45. The fourth-order valence-electron chi connectivity index (χ4n) is 0.980. The Balaban J connectivity index is 4.20. The third-order valence-corrected chi connectivity index (χ3v) is 2.68. The second-order valence-electron chi connectivity index (χ2n) is 3.45. The first kappa shape index (κ1) is 15.1. The molecule has 0 saturated carbocycles. The van der Waals surface area contributed by atoms with Crippen molar-refractivity contribution < 1.29 is 20.4 Å². The maximum Gasteiger partial charge on any atom is 0.133 e. The number of rotatable bonds is 5. The van der Waals surface area contributed by atoms with Gasteiger partial charge in [-0.2, -0.15) is 0 Å². The zero-order valence-corrected chi connectivity index (χ0v) is 10.3. The minimum Gasteiger partial charge on any atom is -0.391 e. The predicted molar refractivity (Wildman–Crippen MR) is 63.9 cm³/mol. The summed E-state index contributed by atoms with van der Waals surface area (Å²) in [6.45, 7) is 1.36. The minimum absolute atomic E-state index is 0.0350. The molecule has 7 heteroatoms. The number of nitrogens with zero attached hydrogens (tertiary/aromatic N) is 1. The van der Waals surface area contributed by atoms with Gasteiger partial charge in [-0.1, -0.05) is 12.2 Å². The average Bonchev–Trinajstić information content (AvgIpc) is 2.14. The molecular weight excluding hydrogens is 238 g/mol. The molecule has 0 aromatic rings. The highest BCUT2D eigenvalue weighted by molar-refractivity contribution is 8.10. The highest BCUT2D eigenvalue weighted by Gasteiger charge is 2.28. The molecule has 0 aliphatic heterocycles. The van der Waals surface area contributed by atoms with Crippen LogP contribution in [0, 0.1) is 0 Å². The van der Waals surface area contributed by atoms with Gasteiger partial charge in [0.05, 0.1) is 12.2 Å². The topological polar surface area (TPSA) is 84.2 Å². The van der Waals surface area contributed by atoms with E-state index in [1.54, 1.807) is 7.05 Å². The van der Waals surface area contributed by atoms with E-state index >= 15 is 0 Å². The van der Waals surface area contributed by atoms with Gasteiger partial charge in [0.1, 0.15) is 16.5 Å². The number of aliphatic hydroxyl groups is 4. The number of hydrogen-bond donors (Lipinski definition) is 5. The van der Waals surface area contributed by atoms with Gasteiger partial charge in [0.25, 0.3) is 0 Å². The molecule has 0 spiro atoms. The smallest absolute Gasteiger partial charge is 0.133 e. The largest absolute Gasteiger partial charge is 0.391 e. The van der Waals surface area contributed by atoms with Crippen molar-refractivity contribution in [3.05, 3.63) is 0 Å². The van der Waals surface area contributed by atoms with Crippen LogP contribution in [-0.2, 0) is 0 Å². The lowest BCUT2D eigenvalue weighted by Crippen LogP contribution is -2.47. The molecule has 0 aromatic heterocycles. The van der Waals surface area contributed by atoms with Crippen LogP contribution in [0.25, 0.3) is 0 Å². The minimum atomic E-state index is -1.42. The van der Waals surface area contributed by atoms with Gasteiger partial charge in [-0.05, 0) is 6.92 Å². The van der Waals surface area contributed by atoms with Crippen LogP contribution in [0.2, 0.25) is 0 Å². The zero-order chi connectivity index (χ0) is 12.2. The fourth-order valence-corrected chi connectivity index (χ4v) is 1.14. The quantitative estimate of drug-likeness (QED) is 0.307. The zero-order valence-electron chi connectivity index (χ0n) is 8.61.